The van der Waals surface area contributed by atoms with Crippen LogP contribution in [0.4, 0.5) is 0 Å². The fourth-order valence-corrected chi connectivity index (χ4v) is 3.40. The predicted octanol–water partition coefficient (Wildman–Crippen LogP) is 4.94. The van der Waals surface area contributed by atoms with Gasteiger partial charge in [-0.1, -0.05) is 46.5 Å². The van der Waals surface area contributed by atoms with Gasteiger partial charge in [0.1, 0.15) is 0 Å². The molecule has 0 aromatic heterocycles. The van der Waals surface area contributed by atoms with E-state index in [0.717, 1.165) is 0 Å². The summed E-state index contributed by atoms with van der Waals surface area (Å²) in [5.41, 5.74) is 0. The van der Waals surface area contributed by atoms with Crippen LogP contribution in [-0.2, 0) is 4.43 Å². The molecule has 0 bridgehead atoms. The minimum atomic E-state index is -1.54. The van der Waals surface area contributed by atoms with Crippen LogP contribution in [0.15, 0.2) is 0 Å². The topological polar surface area (TPSA) is 9.23 Å². The van der Waals surface area contributed by atoms with Crippen LogP contribution in [0, 0.1) is 6.42 Å². The highest BCUT2D eigenvalue weighted by molar-refractivity contribution is 6.74. The van der Waals surface area contributed by atoms with Gasteiger partial charge in [0.05, 0.1) is 0 Å². The van der Waals surface area contributed by atoms with Crippen molar-refractivity contribution in [2.45, 2.75) is 83.5 Å². The lowest BCUT2D eigenvalue weighted by Gasteiger charge is -2.39. The molecule has 1 radical (unpaired) electrons. The van der Waals surface area contributed by atoms with E-state index in [-0.39, 0.29) is 0 Å². The van der Waals surface area contributed by atoms with Crippen molar-refractivity contribution in [1.82, 2.24) is 0 Å². The largest absolute Gasteiger partial charge is 0.414 e. The molecule has 0 heterocycles. The highest BCUT2D eigenvalue weighted by Crippen LogP contribution is 2.38. The number of hydrogen-bond acceptors (Lipinski definition) is 1. The van der Waals surface area contributed by atoms with E-state index in [1.54, 1.807) is 0 Å². The summed E-state index contributed by atoms with van der Waals surface area (Å²) in [5, 5.41) is 0.349. The summed E-state index contributed by atoms with van der Waals surface area (Å²) in [6, 6.07) is 0. The van der Waals surface area contributed by atoms with Gasteiger partial charge < -0.3 is 4.43 Å². The Labute approximate surface area is 103 Å². The van der Waals surface area contributed by atoms with Crippen LogP contribution >= 0.6 is 0 Å². The number of hydrogen-bond donors (Lipinski definition) is 0. The number of rotatable bonds is 2. The Bertz CT molecular complexity index is 197. The molecule has 1 aliphatic rings. The molecule has 0 aliphatic heterocycles. The Balaban J connectivity index is 2.50. The molecule has 2 heteroatoms. The summed E-state index contributed by atoms with van der Waals surface area (Å²) in [4.78, 5) is 0. The van der Waals surface area contributed by atoms with Gasteiger partial charge in [-0.05, 0) is 37.4 Å². The molecule has 0 N–H and O–H groups in total. The molecular weight excluding hydrogens is 212 g/mol. The van der Waals surface area contributed by atoms with Gasteiger partial charge in [-0.25, -0.2) is 0 Å². The van der Waals surface area contributed by atoms with E-state index < -0.39 is 8.32 Å². The molecule has 0 atom stereocenters. The first kappa shape index (κ1) is 14.2. The Morgan fingerprint density at radius 2 is 1.56 bits per heavy atom. The second kappa shape index (κ2) is 5.68. The summed E-state index contributed by atoms with van der Waals surface area (Å²) in [6.07, 6.45) is 10.7. The smallest absolute Gasteiger partial charge is 0.192 e. The molecule has 0 unspecified atom stereocenters. The first-order chi connectivity index (χ1) is 7.33. The predicted molar refractivity (Wildman–Crippen MR) is 74.1 cm³/mol. The van der Waals surface area contributed by atoms with E-state index in [1.807, 2.05) is 0 Å². The van der Waals surface area contributed by atoms with Gasteiger partial charge in [0.25, 0.3) is 0 Å². The summed E-state index contributed by atoms with van der Waals surface area (Å²) in [7, 11) is -1.54. The first-order valence-corrected chi connectivity index (χ1v) is 9.73. The maximum absolute atomic E-state index is 6.50. The second-order valence-electron chi connectivity index (χ2n) is 6.65. The Kier molecular flexibility index (Phi) is 5.05. The average Bonchev–Trinajstić information content (AvgIpc) is 2.07. The molecule has 0 spiro atoms. The van der Waals surface area contributed by atoms with Crippen molar-refractivity contribution in [2.75, 3.05) is 0 Å². The molecule has 1 rings (SSSR count). The lowest BCUT2D eigenvalue weighted by Crippen LogP contribution is -2.44. The summed E-state index contributed by atoms with van der Waals surface area (Å²) < 4.78 is 6.50. The third-order valence-electron chi connectivity index (χ3n) is 4.14. The van der Waals surface area contributed by atoms with Crippen molar-refractivity contribution in [2.24, 2.45) is 0 Å². The highest BCUT2D eigenvalue weighted by Gasteiger charge is 2.38. The Hall–Kier alpha value is 0.177. The minimum Gasteiger partial charge on any atom is -0.414 e. The van der Waals surface area contributed by atoms with Gasteiger partial charge in [0.2, 0.25) is 0 Å². The van der Waals surface area contributed by atoms with Gasteiger partial charge >= 0.3 is 0 Å². The zero-order valence-electron chi connectivity index (χ0n) is 11.8. The van der Waals surface area contributed by atoms with Crippen LogP contribution in [0.3, 0.4) is 0 Å². The van der Waals surface area contributed by atoms with Crippen LogP contribution in [0.2, 0.25) is 18.1 Å². The molecule has 0 aromatic rings. The van der Waals surface area contributed by atoms with Crippen molar-refractivity contribution in [3.63, 3.8) is 0 Å². The molecule has 1 nitrogen and oxygen atoms in total. The molecule has 1 aliphatic carbocycles. The normalized spacial score (nSPS) is 21.6. The summed E-state index contributed by atoms with van der Waals surface area (Å²) in [5.74, 6) is 0. The molecule has 1 saturated carbocycles. The molecule has 0 amide bonds. The zero-order valence-corrected chi connectivity index (χ0v) is 12.8. The zero-order chi connectivity index (χ0) is 12.2. The molecule has 1 fully saturated rings. The van der Waals surface area contributed by atoms with E-state index >= 15 is 0 Å². The maximum Gasteiger partial charge on any atom is 0.192 e. The van der Waals surface area contributed by atoms with E-state index in [2.05, 4.69) is 40.3 Å². The van der Waals surface area contributed by atoms with Gasteiger partial charge in [0.15, 0.2) is 8.32 Å². The van der Waals surface area contributed by atoms with Gasteiger partial charge in [0, 0.05) is 6.10 Å². The lowest BCUT2D eigenvalue weighted by atomic mass is 9.99. The van der Waals surface area contributed by atoms with E-state index in [9.17, 15) is 0 Å². The van der Waals surface area contributed by atoms with Crippen LogP contribution in [0.5, 0.6) is 0 Å². The molecule has 0 saturated heterocycles. The minimum absolute atomic E-state index is 0.349. The average molecular weight is 241 g/mol. The lowest BCUT2D eigenvalue weighted by molar-refractivity contribution is 0.152. The summed E-state index contributed by atoms with van der Waals surface area (Å²) >= 11 is 0. The monoisotopic (exact) mass is 241 g/mol. The third-order valence-corrected chi connectivity index (χ3v) is 8.67. The van der Waals surface area contributed by atoms with Crippen LogP contribution < -0.4 is 0 Å². The first-order valence-electron chi connectivity index (χ1n) is 6.82. The quantitative estimate of drug-likeness (QED) is 0.623. The maximum atomic E-state index is 6.50. The third kappa shape index (κ3) is 4.21. The standard InChI is InChI=1S/C14H29OSi/c1-14(2,3)16(4,5)15-13-11-9-7-6-8-10-12-13/h6,13H,7-12H2,1-5H3. The van der Waals surface area contributed by atoms with Gasteiger partial charge in [-0.2, -0.15) is 0 Å². The SMILES string of the molecule is CC(C)(C)[Si](C)(C)OC1CCC[CH]CCC1. The summed E-state index contributed by atoms with van der Waals surface area (Å²) in [6.45, 7) is 11.7. The molecule has 95 valence electrons. The van der Waals surface area contributed by atoms with Gasteiger partial charge in [-0.3, -0.25) is 0 Å². The Morgan fingerprint density at radius 1 is 1.06 bits per heavy atom. The van der Waals surface area contributed by atoms with Crippen molar-refractivity contribution >= 4 is 8.32 Å². The van der Waals surface area contributed by atoms with E-state index in [0.29, 0.717) is 11.1 Å². The van der Waals surface area contributed by atoms with Crippen molar-refractivity contribution in [3.8, 4) is 0 Å². The fourth-order valence-electron chi connectivity index (χ4n) is 1.98. The van der Waals surface area contributed by atoms with Crippen molar-refractivity contribution in [3.05, 3.63) is 6.42 Å². The van der Waals surface area contributed by atoms with Crippen molar-refractivity contribution in [1.29, 1.82) is 0 Å². The van der Waals surface area contributed by atoms with Gasteiger partial charge in [-0.15, -0.1) is 0 Å². The van der Waals surface area contributed by atoms with Crippen molar-refractivity contribution < 1.29 is 4.43 Å². The van der Waals surface area contributed by atoms with Crippen LogP contribution in [0.1, 0.15) is 59.3 Å². The molecular formula is C14H29OSi. The highest BCUT2D eigenvalue weighted by atomic mass is 28.4. The Morgan fingerprint density at radius 3 is 2.00 bits per heavy atom. The van der Waals surface area contributed by atoms with E-state index in [4.69, 9.17) is 4.43 Å². The molecule has 0 aromatic carbocycles. The fraction of sp³-hybridized carbons (Fsp3) is 0.929. The van der Waals surface area contributed by atoms with Crippen LogP contribution in [0.25, 0.3) is 0 Å². The second-order valence-corrected chi connectivity index (χ2v) is 11.4. The molecule has 16 heavy (non-hydrogen) atoms. The van der Waals surface area contributed by atoms with Crippen LogP contribution in [-0.4, -0.2) is 14.4 Å². The van der Waals surface area contributed by atoms with E-state index in [1.165, 1.54) is 38.5 Å².